The Morgan fingerprint density at radius 2 is 1.85 bits per heavy atom. The molecule has 1 aliphatic rings. The molecule has 1 aromatic carbocycles. The molecule has 0 amide bonds. The van der Waals surface area contributed by atoms with Crippen LogP contribution in [0.5, 0.6) is 0 Å². The van der Waals surface area contributed by atoms with Crippen LogP contribution < -0.4 is 5.73 Å². The molecular formula is C22H35NO3S. The van der Waals surface area contributed by atoms with E-state index in [1.165, 1.54) is 5.56 Å². The van der Waals surface area contributed by atoms with Gasteiger partial charge in [0.2, 0.25) is 0 Å². The SMILES string of the molecule is CCOC(=O)[C@@H]1C[C@H](N)[C@@H](C)[C@H](OC(CC)CC)[C@@H]1Sc1ccc(C)cc1. The smallest absolute Gasteiger partial charge is 0.310 e. The van der Waals surface area contributed by atoms with Crippen molar-refractivity contribution in [3.8, 4) is 0 Å². The van der Waals surface area contributed by atoms with Crippen molar-refractivity contribution in [1.82, 2.24) is 0 Å². The number of hydrogen-bond donors (Lipinski definition) is 1. The van der Waals surface area contributed by atoms with Crippen molar-refractivity contribution in [1.29, 1.82) is 0 Å². The van der Waals surface area contributed by atoms with Gasteiger partial charge in [-0.2, -0.15) is 0 Å². The number of thioether (sulfide) groups is 1. The summed E-state index contributed by atoms with van der Waals surface area (Å²) in [6.45, 7) is 10.8. The number of carbonyl (C=O) groups excluding carboxylic acids is 1. The van der Waals surface area contributed by atoms with Crippen molar-refractivity contribution in [2.75, 3.05) is 6.61 Å². The Kier molecular flexibility index (Phi) is 8.64. The molecule has 0 radical (unpaired) electrons. The van der Waals surface area contributed by atoms with E-state index in [4.69, 9.17) is 15.2 Å². The minimum absolute atomic E-state index is 0.00200. The lowest BCUT2D eigenvalue weighted by molar-refractivity contribution is -0.153. The molecule has 0 aromatic heterocycles. The van der Waals surface area contributed by atoms with Crippen molar-refractivity contribution in [2.24, 2.45) is 17.6 Å². The van der Waals surface area contributed by atoms with Gasteiger partial charge < -0.3 is 15.2 Å². The van der Waals surface area contributed by atoms with Gasteiger partial charge in [0.05, 0.1) is 24.7 Å². The quantitative estimate of drug-likeness (QED) is 0.655. The third-order valence-electron chi connectivity index (χ3n) is 5.58. The van der Waals surface area contributed by atoms with Crippen molar-refractivity contribution in [3.63, 3.8) is 0 Å². The topological polar surface area (TPSA) is 61.5 Å². The van der Waals surface area contributed by atoms with Gasteiger partial charge in [-0.3, -0.25) is 4.79 Å². The fourth-order valence-electron chi connectivity index (χ4n) is 3.72. The van der Waals surface area contributed by atoms with E-state index in [1.807, 2.05) is 6.92 Å². The number of hydrogen-bond acceptors (Lipinski definition) is 5. The standard InChI is InChI=1S/C22H35NO3S/c1-6-16(7-2)26-20-15(5)19(23)13-18(22(24)25-8-3)21(20)27-17-11-9-14(4)10-12-17/h9-12,15-16,18-21H,6-8,13,23H2,1-5H3/t15-,18-,19+,20+,21-/m1/s1. The maximum atomic E-state index is 12.7. The van der Waals surface area contributed by atoms with E-state index in [0.717, 1.165) is 17.7 Å². The van der Waals surface area contributed by atoms with Gasteiger partial charge in [0.15, 0.2) is 0 Å². The van der Waals surface area contributed by atoms with E-state index < -0.39 is 0 Å². The molecule has 0 unspecified atom stereocenters. The zero-order valence-corrected chi connectivity index (χ0v) is 18.1. The minimum Gasteiger partial charge on any atom is -0.466 e. The zero-order valence-electron chi connectivity index (χ0n) is 17.3. The molecule has 1 fully saturated rings. The normalized spacial score (nSPS) is 28.3. The summed E-state index contributed by atoms with van der Waals surface area (Å²) < 4.78 is 11.9. The summed E-state index contributed by atoms with van der Waals surface area (Å²) in [6, 6.07) is 8.39. The molecule has 4 nitrogen and oxygen atoms in total. The van der Waals surface area contributed by atoms with E-state index in [0.29, 0.717) is 13.0 Å². The van der Waals surface area contributed by atoms with Crippen LogP contribution in [0.1, 0.15) is 52.5 Å². The van der Waals surface area contributed by atoms with Crippen LogP contribution >= 0.6 is 11.8 Å². The Morgan fingerprint density at radius 1 is 1.22 bits per heavy atom. The summed E-state index contributed by atoms with van der Waals surface area (Å²) in [6.07, 6.45) is 2.68. The number of esters is 1. The third-order valence-corrected chi connectivity index (χ3v) is 7.00. The molecule has 1 aromatic rings. The van der Waals surface area contributed by atoms with E-state index in [9.17, 15) is 4.79 Å². The Labute approximate surface area is 168 Å². The minimum atomic E-state index is -0.248. The Bertz CT molecular complexity index is 588. The second kappa shape index (κ2) is 10.5. The second-order valence-electron chi connectivity index (χ2n) is 7.55. The summed E-state index contributed by atoms with van der Waals surface area (Å²) in [5.41, 5.74) is 7.66. The van der Waals surface area contributed by atoms with Crippen LogP contribution in [-0.4, -0.2) is 36.1 Å². The first-order valence-electron chi connectivity index (χ1n) is 10.2. The maximum absolute atomic E-state index is 12.7. The highest BCUT2D eigenvalue weighted by Crippen LogP contribution is 2.42. The second-order valence-corrected chi connectivity index (χ2v) is 8.80. The Hall–Kier alpha value is -1.04. The van der Waals surface area contributed by atoms with Crippen LogP contribution in [0.4, 0.5) is 0 Å². The summed E-state index contributed by atoms with van der Waals surface area (Å²) in [5, 5.41) is 0.00200. The molecule has 5 atom stereocenters. The number of carbonyl (C=O) groups is 1. The first-order chi connectivity index (χ1) is 12.9. The van der Waals surface area contributed by atoms with Gasteiger partial charge >= 0.3 is 5.97 Å². The van der Waals surface area contributed by atoms with Crippen LogP contribution in [0.2, 0.25) is 0 Å². The molecule has 0 saturated heterocycles. The molecule has 0 heterocycles. The third kappa shape index (κ3) is 5.72. The monoisotopic (exact) mass is 393 g/mol. The molecule has 0 spiro atoms. The number of rotatable bonds is 8. The highest BCUT2D eigenvalue weighted by Gasteiger charge is 2.47. The lowest BCUT2D eigenvalue weighted by Crippen LogP contribution is -2.55. The van der Waals surface area contributed by atoms with Crippen molar-refractivity contribution >= 4 is 17.7 Å². The summed E-state index contributed by atoms with van der Waals surface area (Å²) in [7, 11) is 0. The number of aryl methyl sites for hydroxylation is 1. The van der Waals surface area contributed by atoms with E-state index in [-0.39, 0.29) is 41.3 Å². The summed E-state index contributed by atoms with van der Waals surface area (Å²) >= 11 is 1.73. The fraction of sp³-hybridized carbons (Fsp3) is 0.682. The fourth-order valence-corrected chi connectivity index (χ4v) is 5.16. The van der Waals surface area contributed by atoms with Crippen LogP contribution in [0.25, 0.3) is 0 Å². The van der Waals surface area contributed by atoms with Crippen molar-refractivity contribution in [3.05, 3.63) is 29.8 Å². The lowest BCUT2D eigenvalue weighted by Gasteiger charge is -2.44. The average Bonchev–Trinajstić information content (AvgIpc) is 2.66. The predicted octanol–water partition coefficient (Wildman–Crippen LogP) is 4.58. The number of ether oxygens (including phenoxy) is 2. The van der Waals surface area contributed by atoms with Gasteiger partial charge in [-0.25, -0.2) is 0 Å². The molecular weight excluding hydrogens is 358 g/mol. The van der Waals surface area contributed by atoms with Crippen LogP contribution in [-0.2, 0) is 14.3 Å². The molecule has 0 bridgehead atoms. The van der Waals surface area contributed by atoms with Crippen LogP contribution in [0.15, 0.2) is 29.2 Å². The maximum Gasteiger partial charge on any atom is 0.310 e. The van der Waals surface area contributed by atoms with E-state index in [1.54, 1.807) is 11.8 Å². The van der Waals surface area contributed by atoms with Gasteiger partial charge in [0.25, 0.3) is 0 Å². The Balaban J connectivity index is 2.33. The molecule has 2 N–H and O–H groups in total. The van der Waals surface area contributed by atoms with Gasteiger partial charge in [0.1, 0.15) is 0 Å². The van der Waals surface area contributed by atoms with Gasteiger partial charge in [-0.05, 0) is 51.2 Å². The van der Waals surface area contributed by atoms with E-state index >= 15 is 0 Å². The predicted molar refractivity (Wildman–Crippen MR) is 112 cm³/mol. The van der Waals surface area contributed by atoms with Crippen molar-refractivity contribution in [2.45, 2.75) is 82.3 Å². The highest BCUT2D eigenvalue weighted by molar-refractivity contribution is 8.00. The first-order valence-corrected chi connectivity index (χ1v) is 11.1. The molecule has 152 valence electrons. The zero-order chi connectivity index (χ0) is 20.0. The molecule has 0 aliphatic heterocycles. The van der Waals surface area contributed by atoms with Gasteiger partial charge in [-0.15, -0.1) is 11.8 Å². The first kappa shape index (κ1) is 22.3. The van der Waals surface area contributed by atoms with Gasteiger partial charge in [0, 0.05) is 16.2 Å². The van der Waals surface area contributed by atoms with Crippen molar-refractivity contribution < 1.29 is 14.3 Å². The molecule has 2 rings (SSSR count). The Morgan fingerprint density at radius 3 is 2.41 bits per heavy atom. The average molecular weight is 394 g/mol. The van der Waals surface area contributed by atoms with Crippen LogP contribution in [0.3, 0.4) is 0 Å². The largest absolute Gasteiger partial charge is 0.466 e. The lowest BCUT2D eigenvalue weighted by atomic mass is 9.76. The highest BCUT2D eigenvalue weighted by atomic mass is 32.2. The summed E-state index contributed by atoms with van der Waals surface area (Å²) in [5.74, 6) is -0.205. The molecule has 27 heavy (non-hydrogen) atoms. The molecule has 1 aliphatic carbocycles. The van der Waals surface area contributed by atoms with E-state index in [2.05, 4.69) is 52.0 Å². The molecule has 1 saturated carbocycles. The summed E-state index contributed by atoms with van der Waals surface area (Å²) in [4.78, 5) is 13.9. The number of nitrogens with two attached hydrogens (primary N) is 1. The number of benzene rings is 1. The van der Waals surface area contributed by atoms with Gasteiger partial charge in [-0.1, -0.05) is 38.5 Å². The molecule has 5 heteroatoms. The van der Waals surface area contributed by atoms with Crippen LogP contribution in [0, 0.1) is 18.8 Å².